The van der Waals surface area contributed by atoms with Gasteiger partial charge in [-0.15, -0.1) is 0 Å². The molecule has 1 atom stereocenters. The van der Waals surface area contributed by atoms with E-state index in [4.69, 9.17) is 0 Å². The van der Waals surface area contributed by atoms with Crippen molar-refractivity contribution >= 4 is 29.2 Å². The first-order chi connectivity index (χ1) is 6.46. The molecule has 0 saturated heterocycles. The standard InChI is InChI=1S/C10H20IN3/c1-5-6-7-14-9(10(2,3)4)13(11)8-12-14/h8-9H,5-7H2,1-4H3. The number of hydrogen-bond acceptors (Lipinski definition) is 3. The van der Waals surface area contributed by atoms with Crippen LogP contribution in [0.4, 0.5) is 0 Å². The second-order valence-electron chi connectivity index (χ2n) is 4.83. The number of halogens is 1. The van der Waals surface area contributed by atoms with Crippen LogP contribution in [0, 0.1) is 5.41 Å². The van der Waals surface area contributed by atoms with Crippen LogP contribution < -0.4 is 0 Å². The van der Waals surface area contributed by atoms with Gasteiger partial charge in [0.15, 0.2) is 0 Å². The Bertz CT molecular complexity index is 210. The Kier molecular flexibility index (Phi) is 4.04. The molecule has 0 fully saturated rings. The summed E-state index contributed by atoms with van der Waals surface area (Å²) >= 11 is 2.33. The van der Waals surface area contributed by atoms with Gasteiger partial charge >= 0.3 is 0 Å². The van der Waals surface area contributed by atoms with Gasteiger partial charge in [0.1, 0.15) is 12.5 Å². The maximum atomic E-state index is 4.43. The number of unbranched alkanes of at least 4 members (excludes halogenated alkanes) is 1. The summed E-state index contributed by atoms with van der Waals surface area (Å²) < 4.78 is 2.17. The average molecular weight is 309 g/mol. The third-order valence-corrected chi connectivity index (χ3v) is 3.12. The highest BCUT2D eigenvalue weighted by molar-refractivity contribution is 14.1. The van der Waals surface area contributed by atoms with Crippen molar-refractivity contribution in [2.45, 2.75) is 46.7 Å². The van der Waals surface area contributed by atoms with Crippen molar-refractivity contribution in [3.8, 4) is 0 Å². The molecule has 0 aromatic rings. The molecule has 1 aliphatic heterocycles. The summed E-state index contributed by atoms with van der Waals surface area (Å²) in [6.45, 7) is 10.1. The minimum atomic E-state index is 0.241. The molecule has 0 saturated carbocycles. The molecule has 0 aliphatic carbocycles. The van der Waals surface area contributed by atoms with Gasteiger partial charge in [-0.25, -0.2) is 0 Å². The first kappa shape index (κ1) is 12.1. The smallest absolute Gasteiger partial charge is 0.133 e. The van der Waals surface area contributed by atoms with E-state index in [9.17, 15) is 0 Å². The molecule has 1 unspecified atom stereocenters. The lowest BCUT2D eigenvalue weighted by Crippen LogP contribution is -2.45. The highest BCUT2D eigenvalue weighted by Gasteiger charge is 2.36. The quantitative estimate of drug-likeness (QED) is 0.589. The second kappa shape index (κ2) is 4.68. The topological polar surface area (TPSA) is 18.8 Å². The summed E-state index contributed by atoms with van der Waals surface area (Å²) in [6.07, 6.45) is 4.76. The van der Waals surface area contributed by atoms with Crippen molar-refractivity contribution in [2.24, 2.45) is 10.5 Å². The molecule has 0 aromatic carbocycles. The highest BCUT2D eigenvalue weighted by Crippen LogP contribution is 2.32. The first-order valence-corrected chi connectivity index (χ1v) is 6.18. The van der Waals surface area contributed by atoms with Gasteiger partial charge in [0.05, 0.1) is 22.9 Å². The number of hydrogen-bond donors (Lipinski definition) is 0. The van der Waals surface area contributed by atoms with E-state index < -0.39 is 0 Å². The summed E-state index contributed by atoms with van der Waals surface area (Å²) in [6, 6.07) is 0. The third-order valence-electron chi connectivity index (χ3n) is 2.34. The van der Waals surface area contributed by atoms with E-state index in [1.807, 2.05) is 6.34 Å². The van der Waals surface area contributed by atoms with E-state index in [0.717, 1.165) is 6.54 Å². The Morgan fingerprint density at radius 1 is 1.43 bits per heavy atom. The van der Waals surface area contributed by atoms with Gasteiger partial charge in [-0.05, 0) is 6.42 Å². The minimum Gasteiger partial charge on any atom is -0.280 e. The molecular formula is C10H20IN3. The van der Waals surface area contributed by atoms with E-state index >= 15 is 0 Å². The van der Waals surface area contributed by atoms with Crippen molar-refractivity contribution < 1.29 is 0 Å². The number of nitrogens with zero attached hydrogens (tertiary/aromatic N) is 3. The Morgan fingerprint density at radius 3 is 2.57 bits per heavy atom. The SMILES string of the molecule is CCCCN1N=CN(I)C1C(C)(C)C. The zero-order chi connectivity index (χ0) is 10.8. The summed E-state index contributed by atoms with van der Waals surface area (Å²) in [5.74, 6) is 0. The van der Waals surface area contributed by atoms with Crippen LogP contribution >= 0.6 is 22.9 Å². The van der Waals surface area contributed by atoms with Crippen molar-refractivity contribution in [3.63, 3.8) is 0 Å². The molecule has 82 valence electrons. The van der Waals surface area contributed by atoms with Crippen molar-refractivity contribution in [1.82, 2.24) is 8.12 Å². The van der Waals surface area contributed by atoms with Crippen LogP contribution in [-0.2, 0) is 0 Å². The molecule has 0 aromatic heterocycles. The largest absolute Gasteiger partial charge is 0.280 e. The predicted molar refractivity (Wildman–Crippen MR) is 69.2 cm³/mol. The summed E-state index contributed by atoms with van der Waals surface area (Å²) in [5.41, 5.74) is 0.241. The second-order valence-corrected chi connectivity index (χ2v) is 5.95. The van der Waals surface area contributed by atoms with Crippen LogP contribution in [0.5, 0.6) is 0 Å². The molecule has 0 radical (unpaired) electrons. The number of rotatable bonds is 3. The lowest BCUT2D eigenvalue weighted by Gasteiger charge is -2.37. The van der Waals surface area contributed by atoms with Gasteiger partial charge in [0.25, 0.3) is 0 Å². The molecule has 1 aliphatic rings. The molecule has 0 spiro atoms. The highest BCUT2D eigenvalue weighted by atomic mass is 127. The fraction of sp³-hybridized carbons (Fsp3) is 0.900. The molecule has 0 N–H and O–H groups in total. The monoisotopic (exact) mass is 309 g/mol. The van der Waals surface area contributed by atoms with Crippen molar-refractivity contribution in [3.05, 3.63) is 0 Å². The van der Waals surface area contributed by atoms with Crippen LogP contribution in [0.25, 0.3) is 0 Å². The summed E-state index contributed by atoms with van der Waals surface area (Å²) in [5, 5.41) is 6.63. The van der Waals surface area contributed by atoms with Crippen LogP contribution in [0.15, 0.2) is 5.10 Å². The summed E-state index contributed by atoms with van der Waals surface area (Å²) in [7, 11) is 0. The van der Waals surface area contributed by atoms with Gasteiger partial charge in [-0.1, -0.05) is 34.1 Å². The zero-order valence-corrected chi connectivity index (χ0v) is 11.7. The van der Waals surface area contributed by atoms with Crippen LogP contribution in [0.2, 0.25) is 0 Å². The molecule has 14 heavy (non-hydrogen) atoms. The molecule has 1 rings (SSSR count). The Morgan fingerprint density at radius 2 is 2.07 bits per heavy atom. The average Bonchev–Trinajstić information content (AvgIpc) is 2.42. The molecular weight excluding hydrogens is 289 g/mol. The number of hydrazone groups is 1. The Hall–Kier alpha value is 0. The first-order valence-electron chi connectivity index (χ1n) is 5.21. The van der Waals surface area contributed by atoms with Crippen LogP contribution in [0.1, 0.15) is 40.5 Å². The van der Waals surface area contributed by atoms with E-state index in [0.29, 0.717) is 6.17 Å². The molecule has 0 bridgehead atoms. The fourth-order valence-corrected chi connectivity index (χ4v) is 2.92. The molecule has 0 amide bonds. The van der Waals surface area contributed by atoms with E-state index in [1.54, 1.807) is 0 Å². The van der Waals surface area contributed by atoms with Crippen molar-refractivity contribution in [1.29, 1.82) is 0 Å². The van der Waals surface area contributed by atoms with E-state index in [-0.39, 0.29) is 5.41 Å². The van der Waals surface area contributed by atoms with Gasteiger partial charge in [0, 0.05) is 12.0 Å². The normalized spacial score (nSPS) is 22.2. The lowest BCUT2D eigenvalue weighted by atomic mass is 9.92. The molecule has 1 heterocycles. The van der Waals surface area contributed by atoms with Gasteiger partial charge in [0.2, 0.25) is 0 Å². The third kappa shape index (κ3) is 2.74. The predicted octanol–water partition coefficient (Wildman–Crippen LogP) is 3.07. The zero-order valence-electron chi connectivity index (χ0n) is 9.50. The lowest BCUT2D eigenvalue weighted by molar-refractivity contribution is 0.0802. The van der Waals surface area contributed by atoms with Crippen LogP contribution in [-0.4, -0.2) is 27.2 Å². The van der Waals surface area contributed by atoms with Crippen LogP contribution in [0.3, 0.4) is 0 Å². The van der Waals surface area contributed by atoms with Gasteiger partial charge in [-0.2, -0.15) is 5.10 Å². The van der Waals surface area contributed by atoms with E-state index in [1.165, 1.54) is 12.8 Å². The van der Waals surface area contributed by atoms with Gasteiger partial charge < -0.3 is 0 Å². The Labute approximate surface area is 101 Å². The van der Waals surface area contributed by atoms with Crippen molar-refractivity contribution in [2.75, 3.05) is 6.54 Å². The summed E-state index contributed by atoms with van der Waals surface area (Å²) in [4.78, 5) is 0. The molecule has 3 nitrogen and oxygen atoms in total. The fourth-order valence-electron chi connectivity index (χ4n) is 1.69. The maximum absolute atomic E-state index is 4.43. The van der Waals surface area contributed by atoms with Gasteiger partial charge in [-0.3, -0.25) is 8.12 Å². The molecule has 4 heteroatoms. The van der Waals surface area contributed by atoms with E-state index in [2.05, 4.69) is 63.8 Å². The maximum Gasteiger partial charge on any atom is 0.133 e. The minimum absolute atomic E-state index is 0.241. The Balaban J connectivity index is 2.62.